The number of nitrogens with zero attached hydrogens (tertiary/aromatic N) is 4. The van der Waals surface area contributed by atoms with E-state index in [1.54, 1.807) is 13.0 Å². The smallest absolute Gasteiger partial charge is 0.326 e. The van der Waals surface area contributed by atoms with Crippen molar-refractivity contribution in [1.29, 1.82) is 0 Å². The zero-order valence-electron chi connectivity index (χ0n) is 16.0. The molecule has 4 heterocycles. The van der Waals surface area contributed by atoms with Gasteiger partial charge in [-0.1, -0.05) is 17.3 Å². The minimum Gasteiger partial charge on any atom is -0.360 e. The molecule has 0 bridgehead atoms. The fourth-order valence-corrected chi connectivity index (χ4v) is 4.49. The number of imidazole rings is 1. The molecular weight excluding hydrogens is 374 g/mol. The molecule has 1 N–H and O–H groups in total. The maximum absolute atomic E-state index is 12.9. The van der Waals surface area contributed by atoms with Crippen LogP contribution in [0.2, 0.25) is 0 Å². The molecule has 1 aromatic carbocycles. The molecule has 0 spiro atoms. The van der Waals surface area contributed by atoms with Crippen molar-refractivity contribution in [3.8, 4) is 0 Å². The number of anilines is 1. The van der Waals surface area contributed by atoms with E-state index in [0.29, 0.717) is 18.8 Å². The topological polar surface area (TPSA) is 104 Å². The van der Waals surface area contributed by atoms with E-state index in [9.17, 15) is 14.4 Å². The highest BCUT2D eigenvalue weighted by molar-refractivity contribution is 6.21. The highest BCUT2D eigenvalue weighted by Crippen LogP contribution is 2.30. The number of hydrogen-bond acceptors (Lipinski definition) is 6. The molecule has 2 amide bonds. The number of benzene rings is 1. The van der Waals surface area contributed by atoms with Crippen molar-refractivity contribution in [3.05, 3.63) is 46.6 Å². The molecule has 2 aliphatic rings. The van der Waals surface area contributed by atoms with Crippen molar-refractivity contribution in [2.45, 2.75) is 38.3 Å². The summed E-state index contributed by atoms with van der Waals surface area (Å²) in [7, 11) is 0. The van der Waals surface area contributed by atoms with E-state index in [1.807, 2.05) is 33.7 Å². The predicted molar refractivity (Wildman–Crippen MR) is 105 cm³/mol. The van der Waals surface area contributed by atoms with Gasteiger partial charge in [0.2, 0.25) is 5.91 Å². The van der Waals surface area contributed by atoms with Crippen LogP contribution in [0.25, 0.3) is 11.0 Å². The van der Waals surface area contributed by atoms with Crippen LogP contribution in [0.15, 0.2) is 39.6 Å². The Balaban J connectivity index is 1.32. The summed E-state index contributed by atoms with van der Waals surface area (Å²) in [5.41, 5.74) is 1.62. The van der Waals surface area contributed by atoms with Crippen molar-refractivity contribution in [2.75, 3.05) is 18.0 Å². The van der Waals surface area contributed by atoms with Gasteiger partial charge >= 0.3 is 5.69 Å². The third-order valence-corrected chi connectivity index (χ3v) is 5.90. The number of aromatic nitrogens is 3. The Labute approximate surface area is 165 Å². The molecule has 0 saturated carbocycles. The minimum atomic E-state index is -0.486. The Morgan fingerprint density at radius 3 is 2.62 bits per heavy atom. The van der Waals surface area contributed by atoms with E-state index < -0.39 is 6.04 Å². The molecule has 9 nitrogen and oxygen atoms in total. The number of carbonyl (C=O) groups is 2. The largest absolute Gasteiger partial charge is 0.360 e. The number of amides is 2. The van der Waals surface area contributed by atoms with Crippen LogP contribution >= 0.6 is 0 Å². The molecule has 9 heteroatoms. The standard InChI is InChI=1S/C20H21N5O4/c1-12-10-17(22-29-12)25-18(26)11-16(19(25)27)23-8-6-13(7-9-23)24-15-5-3-2-4-14(15)21-20(24)28/h2-5,10,13,16H,6-9,11H2,1H3,(H,21,28)/t16-/m1/s1. The highest BCUT2D eigenvalue weighted by atomic mass is 16.5. The van der Waals surface area contributed by atoms with Crippen LogP contribution in [0, 0.1) is 6.92 Å². The number of hydrogen-bond donors (Lipinski definition) is 1. The molecule has 2 aromatic heterocycles. The number of aryl methyl sites for hydroxylation is 1. The lowest BCUT2D eigenvalue weighted by atomic mass is 10.0. The van der Waals surface area contributed by atoms with Crippen LogP contribution in [0.3, 0.4) is 0 Å². The Morgan fingerprint density at radius 1 is 1.14 bits per heavy atom. The molecule has 2 saturated heterocycles. The van der Waals surface area contributed by atoms with Crippen LogP contribution < -0.4 is 10.6 Å². The molecule has 2 aliphatic heterocycles. The van der Waals surface area contributed by atoms with Crippen molar-refractivity contribution >= 4 is 28.7 Å². The van der Waals surface area contributed by atoms with Crippen LogP contribution in [-0.4, -0.2) is 50.6 Å². The Bertz CT molecular complexity index is 1150. The molecule has 0 radical (unpaired) electrons. The Morgan fingerprint density at radius 2 is 1.90 bits per heavy atom. The Kier molecular flexibility index (Phi) is 4.13. The second kappa shape index (κ2) is 6.70. The van der Waals surface area contributed by atoms with Crippen molar-refractivity contribution in [2.24, 2.45) is 0 Å². The van der Waals surface area contributed by atoms with Gasteiger partial charge in [0.15, 0.2) is 5.82 Å². The second-order valence-electron chi connectivity index (χ2n) is 7.67. The average Bonchev–Trinajstić information content (AvgIpc) is 3.36. The third kappa shape index (κ3) is 2.89. The van der Waals surface area contributed by atoms with E-state index in [-0.39, 0.29) is 35.8 Å². The normalized spacial score (nSPS) is 21.6. The fraction of sp³-hybridized carbons (Fsp3) is 0.400. The number of fused-ring (bicyclic) bond motifs is 1. The number of likely N-dealkylation sites (tertiary alicyclic amines) is 1. The van der Waals surface area contributed by atoms with Gasteiger partial charge in [-0.05, 0) is 31.9 Å². The number of carbonyl (C=O) groups excluding carboxylic acids is 2. The first-order chi connectivity index (χ1) is 14.0. The van der Waals surface area contributed by atoms with Crippen molar-refractivity contribution in [1.82, 2.24) is 19.6 Å². The lowest BCUT2D eigenvalue weighted by molar-refractivity contribution is -0.123. The molecule has 1 atom stereocenters. The van der Waals surface area contributed by atoms with E-state index in [2.05, 4.69) is 10.1 Å². The summed E-state index contributed by atoms with van der Waals surface area (Å²) >= 11 is 0. The highest BCUT2D eigenvalue weighted by Gasteiger charge is 2.44. The fourth-order valence-electron chi connectivity index (χ4n) is 4.49. The van der Waals surface area contributed by atoms with Gasteiger partial charge in [-0.2, -0.15) is 0 Å². The summed E-state index contributed by atoms with van der Waals surface area (Å²) in [6.07, 6.45) is 1.62. The van der Waals surface area contributed by atoms with Gasteiger partial charge in [0, 0.05) is 25.2 Å². The number of aromatic amines is 1. The number of nitrogens with one attached hydrogen (secondary N) is 1. The van der Waals surface area contributed by atoms with Gasteiger partial charge in [-0.3, -0.25) is 19.1 Å². The van der Waals surface area contributed by atoms with Gasteiger partial charge < -0.3 is 9.51 Å². The summed E-state index contributed by atoms with van der Waals surface area (Å²) in [6, 6.07) is 8.83. The van der Waals surface area contributed by atoms with Crippen LogP contribution in [-0.2, 0) is 9.59 Å². The maximum atomic E-state index is 12.9. The lowest BCUT2D eigenvalue weighted by Gasteiger charge is -2.35. The molecule has 0 unspecified atom stereocenters. The molecule has 0 aliphatic carbocycles. The van der Waals surface area contributed by atoms with E-state index in [1.165, 1.54) is 0 Å². The molecule has 5 rings (SSSR count). The van der Waals surface area contributed by atoms with Gasteiger partial charge in [-0.25, -0.2) is 9.69 Å². The minimum absolute atomic E-state index is 0.0661. The Hall–Kier alpha value is -3.20. The summed E-state index contributed by atoms with van der Waals surface area (Å²) in [4.78, 5) is 43.8. The summed E-state index contributed by atoms with van der Waals surface area (Å²) < 4.78 is 6.83. The van der Waals surface area contributed by atoms with E-state index in [0.717, 1.165) is 28.8 Å². The van der Waals surface area contributed by atoms with Crippen molar-refractivity contribution < 1.29 is 14.1 Å². The first-order valence-electron chi connectivity index (χ1n) is 9.76. The predicted octanol–water partition coefficient (Wildman–Crippen LogP) is 1.60. The van der Waals surface area contributed by atoms with Gasteiger partial charge in [0.25, 0.3) is 5.91 Å². The number of imide groups is 1. The van der Waals surface area contributed by atoms with Crippen molar-refractivity contribution in [3.63, 3.8) is 0 Å². The van der Waals surface area contributed by atoms with Gasteiger partial charge in [0.1, 0.15) is 5.76 Å². The molecule has 2 fully saturated rings. The third-order valence-electron chi connectivity index (χ3n) is 5.90. The van der Waals surface area contributed by atoms with Gasteiger partial charge in [0.05, 0.1) is 23.5 Å². The number of rotatable bonds is 3. The van der Waals surface area contributed by atoms with E-state index >= 15 is 0 Å². The first kappa shape index (κ1) is 17.9. The quantitative estimate of drug-likeness (QED) is 0.676. The SMILES string of the molecule is Cc1cc(N2C(=O)C[C@@H](N3CCC(n4c(=O)[nH]c5ccccc54)CC3)C2=O)no1. The molecular formula is C20H21N5O4. The second-order valence-corrected chi connectivity index (χ2v) is 7.67. The average molecular weight is 395 g/mol. The zero-order valence-corrected chi connectivity index (χ0v) is 16.0. The first-order valence-corrected chi connectivity index (χ1v) is 9.76. The monoisotopic (exact) mass is 395 g/mol. The number of H-pyrrole nitrogens is 1. The summed E-state index contributed by atoms with van der Waals surface area (Å²) in [6.45, 7) is 3.01. The lowest BCUT2D eigenvalue weighted by Crippen LogP contribution is -2.46. The number of para-hydroxylation sites is 2. The van der Waals surface area contributed by atoms with Crippen LogP contribution in [0.4, 0.5) is 5.82 Å². The summed E-state index contributed by atoms with van der Waals surface area (Å²) in [5.74, 6) is 0.281. The zero-order chi connectivity index (χ0) is 20.1. The van der Waals surface area contributed by atoms with Gasteiger partial charge in [-0.15, -0.1) is 0 Å². The summed E-state index contributed by atoms with van der Waals surface area (Å²) in [5, 5.41) is 3.81. The van der Waals surface area contributed by atoms with E-state index in [4.69, 9.17) is 4.52 Å². The number of piperidine rings is 1. The van der Waals surface area contributed by atoms with Crippen LogP contribution in [0.5, 0.6) is 0 Å². The molecule has 150 valence electrons. The maximum Gasteiger partial charge on any atom is 0.326 e. The van der Waals surface area contributed by atoms with Crippen LogP contribution in [0.1, 0.15) is 31.1 Å². The molecule has 29 heavy (non-hydrogen) atoms. The molecule has 3 aromatic rings.